The molecular weight excluding hydrogens is 274 g/mol. The molecular formula is C15H22BrN. The first-order valence-corrected chi connectivity index (χ1v) is 7.38. The van der Waals surface area contributed by atoms with Crippen LogP contribution < -0.4 is 5.32 Å². The predicted molar refractivity (Wildman–Crippen MR) is 78.5 cm³/mol. The van der Waals surface area contributed by atoms with E-state index in [1.807, 2.05) is 0 Å². The van der Waals surface area contributed by atoms with Crippen molar-refractivity contribution in [3.8, 4) is 0 Å². The van der Waals surface area contributed by atoms with Gasteiger partial charge in [-0.15, -0.1) is 0 Å². The Morgan fingerprint density at radius 3 is 2.59 bits per heavy atom. The molecule has 3 atom stereocenters. The predicted octanol–water partition coefficient (Wildman–Crippen LogP) is 4.99. The largest absolute Gasteiger partial charge is 0.382 e. The Hall–Kier alpha value is -0.500. The van der Waals surface area contributed by atoms with Gasteiger partial charge in [-0.25, -0.2) is 0 Å². The maximum atomic E-state index is 3.68. The summed E-state index contributed by atoms with van der Waals surface area (Å²) in [7, 11) is 0. The highest BCUT2D eigenvalue weighted by Gasteiger charge is 2.24. The number of benzene rings is 1. The smallest absolute Gasteiger partial charge is 0.0345 e. The monoisotopic (exact) mass is 295 g/mol. The van der Waals surface area contributed by atoms with Gasteiger partial charge in [0.05, 0.1) is 0 Å². The van der Waals surface area contributed by atoms with Crippen LogP contribution in [0.3, 0.4) is 0 Å². The van der Waals surface area contributed by atoms with E-state index >= 15 is 0 Å². The van der Waals surface area contributed by atoms with Gasteiger partial charge in [0.2, 0.25) is 0 Å². The molecule has 0 amide bonds. The third-order valence-electron chi connectivity index (χ3n) is 4.13. The van der Waals surface area contributed by atoms with Crippen molar-refractivity contribution in [3.63, 3.8) is 0 Å². The quantitative estimate of drug-likeness (QED) is 0.810. The SMILES string of the molecule is Cc1cc(NC2CCC(C)C(C)C2)ccc1Br. The summed E-state index contributed by atoms with van der Waals surface area (Å²) in [5, 5.41) is 3.68. The summed E-state index contributed by atoms with van der Waals surface area (Å²) in [4.78, 5) is 0. The minimum absolute atomic E-state index is 0.654. The minimum Gasteiger partial charge on any atom is -0.382 e. The van der Waals surface area contributed by atoms with E-state index in [0.29, 0.717) is 6.04 Å². The summed E-state index contributed by atoms with van der Waals surface area (Å²) in [6.45, 7) is 6.90. The number of halogens is 1. The van der Waals surface area contributed by atoms with E-state index in [9.17, 15) is 0 Å². The second kappa shape index (κ2) is 5.43. The average Bonchev–Trinajstić information content (AvgIpc) is 2.29. The van der Waals surface area contributed by atoms with Gasteiger partial charge in [-0.1, -0.05) is 29.8 Å². The van der Waals surface area contributed by atoms with Crippen LogP contribution in [0.4, 0.5) is 5.69 Å². The molecule has 0 radical (unpaired) electrons. The third-order valence-corrected chi connectivity index (χ3v) is 5.02. The van der Waals surface area contributed by atoms with Crippen molar-refractivity contribution in [1.82, 2.24) is 0 Å². The van der Waals surface area contributed by atoms with Crippen molar-refractivity contribution in [1.29, 1.82) is 0 Å². The van der Waals surface area contributed by atoms with Crippen molar-refractivity contribution >= 4 is 21.6 Å². The molecule has 0 aliphatic heterocycles. The van der Waals surface area contributed by atoms with Gasteiger partial charge in [-0.05, 0) is 61.8 Å². The van der Waals surface area contributed by atoms with E-state index < -0.39 is 0 Å². The van der Waals surface area contributed by atoms with Crippen LogP contribution in [0.2, 0.25) is 0 Å². The molecule has 1 saturated carbocycles. The first-order valence-electron chi connectivity index (χ1n) is 6.59. The molecule has 1 aromatic rings. The maximum Gasteiger partial charge on any atom is 0.0345 e. The van der Waals surface area contributed by atoms with Crippen molar-refractivity contribution < 1.29 is 0 Å². The molecule has 3 unspecified atom stereocenters. The van der Waals surface area contributed by atoms with Gasteiger partial charge in [0.1, 0.15) is 0 Å². The van der Waals surface area contributed by atoms with Gasteiger partial charge in [-0.3, -0.25) is 0 Å². The molecule has 1 aliphatic carbocycles. The van der Waals surface area contributed by atoms with E-state index in [1.54, 1.807) is 0 Å². The van der Waals surface area contributed by atoms with Crippen LogP contribution >= 0.6 is 15.9 Å². The van der Waals surface area contributed by atoms with E-state index in [2.05, 4.69) is 60.2 Å². The van der Waals surface area contributed by atoms with Crippen LogP contribution in [-0.4, -0.2) is 6.04 Å². The second-order valence-electron chi connectivity index (χ2n) is 5.57. The van der Waals surface area contributed by atoms with E-state index in [4.69, 9.17) is 0 Å². The lowest BCUT2D eigenvalue weighted by atomic mass is 9.79. The normalized spacial score (nSPS) is 29.1. The minimum atomic E-state index is 0.654. The lowest BCUT2D eigenvalue weighted by Crippen LogP contribution is -2.30. The van der Waals surface area contributed by atoms with E-state index in [1.165, 1.54) is 35.0 Å². The molecule has 1 aliphatic rings. The first-order chi connectivity index (χ1) is 8.06. The van der Waals surface area contributed by atoms with Crippen LogP contribution in [0.1, 0.15) is 38.7 Å². The molecule has 94 valence electrons. The van der Waals surface area contributed by atoms with Crippen molar-refractivity contribution in [3.05, 3.63) is 28.2 Å². The van der Waals surface area contributed by atoms with Crippen molar-refractivity contribution in [2.45, 2.75) is 46.1 Å². The Morgan fingerprint density at radius 1 is 1.18 bits per heavy atom. The molecule has 0 spiro atoms. The van der Waals surface area contributed by atoms with Crippen LogP contribution in [0.5, 0.6) is 0 Å². The fourth-order valence-corrected chi connectivity index (χ4v) is 2.90. The number of hydrogen-bond donors (Lipinski definition) is 1. The van der Waals surface area contributed by atoms with Gasteiger partial charge in [-0.2, -0.15) is 0 Å². The molecule has 0 saturated heterocycles. The number of aryl methyl sites for hydroxylation is 1. The first kappa shape index (κ1) is 12.9. The Kier molecular flexibility index (Phi) is 4.13. The summed E-state index contributed by atoms with van der Waals surface area (Å²) in [5.41, 5.74) is 2.56. The molecule has 17 heavy (non-hydrogen) atoms. The maximum absolute atomic E-state index is 3.68. The zero-order chi connectivity index (χ0) is 12.4. The van der Waals surface area contributed by atoms with Gasteiger partial charge in [0.25, 0.3) is 0 Å². The molecule has 0 bridgehead atoms. The van der Waals surface area contributed by atoms with Crippen LogP contribution in [0.15, 0.2) is 22.7 Å². The Morgan fingerprint density at radius 2 is 1.94 bits per heavy atom. The lowest BCUT2D eigenvalue weighted by Gasteiger charge is -2.33. The summed E-state index contributed by atoms with van der Waals surface area (Å²) >= 11 is 3.54. The standard InChI is InChI=1S/C15H22BrN/c1-10-4-5-13(8-11(10)2)17-14-6-7-15(16)12(3)9-14/h6-7,9-11,13,17H,4-5,8H2,1-3H3. The zero-order valence-electron chi connectivity index (χ0n) is 11.0. The Labute approximate surface area is 113 Å². The zero-order valence-corrected chi connectivity index (χ0v) is 12.5. The number of nitrogens with one attached hydrogen (secondary N) is 1. The van der Waals surface area contributed by atoms with Gasteiger partial charge < -0.3 is 5.32 Å². The van der Waals surface area contributed by atoms with Gasteiger partial charge in [0, 0.05) is 16.2 Å². The molecule has 1 fully saturated rings. The molecule has 0 aromatic heterocycles. The van der Waals surface area contributed by atoms with E-state index in [-0.39, 0.29) is 0 Å². The molecule has 2 heteroatoms. The van der Waals surface area contributed by atoms with Crippen LogP contribution in [0, 0.1) is 18.8 Å². The fraction of sp³-hybridized carbons (Fsp3) is 0.600. The molecule has 0 heterocycles. The van der Waals surface area contributed by atoms with Gasteiger partial charge in [0.15, 0.2) is 0 Å². The second-order valence-corrected chi connectivity index (χ2v) is 6.43. The molecule has 2 rings (SSSR count). The lowest BCUT2D eigenvalue weighted by molar-refractivity contribution is 0.261. The highest BCUT2D eigenvalue weighted by Crippen LogP contribution is 2.31. The molecule has 1 nitrogen and oxygen atoms in total. The van der Waals surface area contributed by atoms with Crippen molar-refractivity contribution in [2.75, 3.05) is 5.32 Å². The molecule has 1 N–H and O–H groups in total. The Balaban J connectivity index is 1.99. The Bertz CT molecular complexity index is 389. The summed E-state index contributed by atoms with van der Waals surface area (Å²) in [6.07, 6.45) is 3.96. The topological polar surface area (TPSA) is 12.0 Å². The summed E-state index contributed by atoms with van der Waals surface area (Å²) < 4.78 is 1.19. The summed E-state index contributed by atoms with van der Waals surface area (Å²) in [6, 6.07) is 7.18. The van der Waals surface area contributed by atoms with Gasteiger partial charge >= 0.3 is 0 Å². The fourth-order valence-electron chi connectivity index (χ4n) is 2.65. The third kappa shape index (κ3) is 3.25. The number of anilines is 1. The highest BCUT2D eigenvalue weighted by atomic mass is 79.9. The van der Waals surface area contributed by atoms with Crippen LogP contribution in [-0.2, 0) is 0 Å². The van der Waals surface area contributed by atoms with Crippen LogP contribution in [0.25, 0.3) is 0 Å². The highest BCUT2D eigenvalue weighted by molar-refractivity contribution is 9.10. The number of hydrogen-bond acceptors (Lipinski definition) is 1. The van der Waals surface area contributed by atoms with Crippen molar-refractivity contribution in [2.24, 2.45) is 11.8 Å². The van der Waals surface area contributed by atoms with E-state index in [0.717, 1.165) is 11.8 Å². The number of rotatable bonds is 2. The molecule has 1 aromatic carbocycles. The summed E-state index contributed by atoms with van der Waals surface area (Å²) in [5.74, 6) is 1.73. The average molecular weight is 296 g/mol.